The maximum atomic E-state index is 8.96. The second-order valence-electron chi connectivity index (χ2n) is 2.77. The van der Waals surface area contributed by atoms with Crippen LogP contribution < -0.4 is 0 Å². The minimum Gasteiger partial charge on any atom is -0.390 e. The molecule has 0 aliphatic rings. The Kier molecular flexibility index (Phi) is 4.51. The first kappa shape index (κ1) is 11.6. The molecule has 1 rings (SSSR count). The topological polar surface area (TPSA) is 33.1 Å². The van der Waals surface area contributed by atoms with Gasteiger partial charge >= 0.3 is 0 Å². The summed E-state index contributed by atoms with van der Waals surface area (Å²) in [4.78, 5) is 5.39. The number of aryl methyl sites for hydroxylation is 1. The van der Waals surface area contributed by atoms with Crippen molar-refractivity contribution in [2.24, 2.45) is 0 Å². The lowest BCUT2D eigenvalue weighted by atomic mass is 10.3. The van der Waals surface area contributed by atoms with Gasteiger partial charge in [-0.2, -0.15) is 0 Å². The first-order valence-corrected chi connectivity index (χ1v) is 5.82. The van der Waals surface area contributed by atoms with Crippen molar-refractivity contribution < 1.29 is 5.11 Å². The highest BCUT2D eigenvalue weighted by Gasteiger charge is 2.04. The third-order valence-electron chi connectivity index (χ3n) is 1.75. The number of thiazole rings is 1. The summed E-state index contributed by atoms with van der Waals surface area (Å²) in [5.41, 5.74) is 0.785. The minimum absolute atomic E-state index is 0.0225. The predicted molar refractivity (Wildman–Crippen MR) is 63.7 cm³/mol. The quantitative estimate of drug-likeness (QED) is 0.856. The molecular weight excluding hydrogens is 262 g/mol. The summed E-state index contributed by atoms with van der Waals surface area (Å²) in [5, 5.41) is 9.98. The Balaban J connectivity index is 2.73. The molecule has 0 radical (unpaired) electrons. The van der Waals surface area contributed by atoms with E-state index in [1.165, 1.54) is 0 Å². The van der Waals surface area contributed by atoms with Gasteiger partial charge in [-0.15, -0.1) is 11.3 Å². The average molecular weight is 274 g/mol. The number of halogens is 1. The van der Waals surface area contributed by atoms with Gasteiger partial charge in [-0.1, -0.05) is 34.7 Å². The highest BCUT2D eigenvalue weighted by molar-refractivity contribution is 9.11. The molecule has 4 heteroatoms. The molecular formula is C10H12BrNOS. The third kappa shape index (κ3) is 3.04. The van der Waals surface area contributed by atoms with Crippen LogP contribution in [0.5, 0.6) is 0 Å². The Morgan fingerprint density at radius 1 is 1.71 bits per heavy atom. The number of allylic oxidation sites excluding steroid dienone is 3. The summed E-state index contributed by atoms with van der Waals surface area (Å²) in [7, 11) is 0. The van der Waals surface area contributed by atoms with Gasteiger partial charge in [-0.05, 0) is 6.92 Å². The predicted octanol–water partition coefficient (Wildman–Crippen LogP) is 2.95. The molecule has 0 aliphatic carbocycles. The highest BCUT2D eigenvalue weighted by Crippen LogP contribution is 2.19. The van der Waals surface area contributed by atoms with Gasteiger partial charge in [0.1, 0.15) is 0 Å². The molecule has 0 atom stereocenters. The van der Waals surface area contributed by atoms with E-state index in [1.807, 2.05) is 13.0 Å². The van der Waals surface area contributed by atoms with Crippen molar-refractivity contribution in [1.29, 1.82) is 0 Å². The summed E-state index contributed by atoms with van der Waals surface area (Å²) >= 11 is 4.97. The molecule has 0 aromatic carbocycles. The molecule has 1 aromatic heterocycles. The molecule has 0 aliphatic heterocycles. The minimum atomic E-state index is 0.0225. The molecule has 0 amide bonds. The first-order chi connectivity index (χ1) is 6.67. The number of aliphatic hydroxyl groups excluding tert-OH is 1. The van der Waals surface area contributed by atoms with E-state index in [1.54, 1.807) is 17.4 Å². The van der Waals surface area contributed by atoms with Crippen LogP contribution in [0, 0.1) is 6.92 Å². The van der Waals surface area contributed by atoms with E-state index in [4.69, 9.17) is 5.11 Å². The van der Waals surface area contributed by atoms with Gasteiger partial charge in [-0.3, -0.25) is 0 Å². The second-order valence-corrected chi connectivity index (χ2v) is 4.97. The Labute approximate surface area is 96.1 Å². The molecule has 0 saturated carbocycles. The standard InChI is InChI=1S/C10H12BrNOS/c1-3-8(11)4-5-10-12-9(6-13)7(2)14-10/h3-4,13H,1,5-6H2,2H3/b8-4+. The normalized spacial score (nSPS) is 11.8. The van der Waals surface area contributed by atoms with Gasteiger partial charge in [0.05, 0.1) is 17.3 Å². The van der Waals surface area contributed by atoms with E-state index in [0.29, 0.717) is 0 Å². The largest absolute Gasteiger partial charge is 0.390 e. The van der Waals surface area contributed by atoms with E-state index in [0.717, 1.165) is 26.5 Å². The van der Waals surface area contributed by atoms with Crippen molar-refractivity contribution in [3.05, 3.63) is 38.8 Å². The van der Waals surface area contributed by atoms with Crippen LogP contribution in [0.2, 0.25) is 0 Å². The van der Waals surface area contributed by atoms with Crippen molar-refractivity contribution >= 4 is 27.3 Å². The van der Waals surface area contributed by atoms with Gasteiger partial charge in [0.15, 0.2) is 0 Å². The Bertz CT molecular complexity index is 357. The van der Waals surface area contributed by atoms with E-state index in [9.17, 15) is 0 Å². The Morgan fingerprint density at radius 3 is 2.93 bits per heavy atom. The molecule has 2 nitrogen and oxygen atoms in total. The molecule has 1 N–H and O–H groups in total. The average Bonchev–Trinajstić information content (AvgIpc) is 2.55. The summed E-state index contributed by atoms with van der Waals surface area (Å²) in [5.74, 6) is 0. The molecule has 1 heterocycles. The van der Waals surface area contributed by atoms with Gasteiger partial charge < -0.3 is 5.11 Å². The Morgan fingerprint density at radius 2 is 2.43 bits per heavy atom. The van der Waals surface area contributed by atoms with Crippen molar-refractivity contribution in [2.75, 3.05) is 0 Å². The molecule has 0 saturated heterocycles. The van der Waals surface area contributed by atoms with Crippen molar-refractivity contribution in [2.45, 2.75) is 20.0 Å². The summed E-state index contributed by atoms with van der Waals surface area (Å²) in [6.45, 7) is 5.63. The zero-order valence-electron chi connectivity index (χ0n) is 7.96. The summed E-state index contributed by atoms with van der Waals surface area (Å²) in [6, 6.07) is 0. The van der Waals surface area contributed by atoms with Gasteiger partial charge in [0, 0.05) is 15.8 Å². The van der Waals surface area contributed by atoms with Crippen LogP contribution in [-0.4, -0.2) is 10.1 Å². The fourth-order valence-corrected chi connectivity index (χ4v) is 2.06. The zero-order valence-corrected chi connectivity index (χ0v) is 10.4. The monoisotopic (exact) mass is 273 g/mol. The lowest BCUT2D eigenvalue weighted by Crippen LogP contribution is -1.86. The molecule has 0 bridgehead atoms. The van der Waals surface area contributed by atoms with E-state index in [-0.39, 0.29) is 6.61 Å². The lowest BCUT2D eigenvalue weighted by Gasteiger charge is -1.89. The zero-order chi connectivity index (χ0) is 10.6. The van der Waals surface area contributed by atoms with Gasteiger partial charge in [0.25, 0.3) is 0 Å². The van der Waals surface area contributed by atoms with Crippen LogP contribution in [-0.2, 0) is 13.0 Å². The van der Waals surface area contributed by atoms with Crippen LogP contribution in [0.15, 0.2) is 23.2 Å². The summed E-state index contributed by atoms with van der Waals surface area (Å²) < 4.78 is 0.968. The highest BCUT2D eigenvalue weighted by atomic mass is 79.9. The van der Waals surface area contributed by atoms with E-state index in [2.05, 4.69) is 27.5 Å². The Hall–Kier alpha value is -0.450. The molecule has 0 spiro atoms. The third-order valence-corrected chi connectivity index (χ3v) is 3.44. The number of hydrogen-bond acceptors (Lipinski definition) is 3. The molecule has 0 fully saturated rings. The molecule has 0 unspecified atom stereocenters. The SMILES string of the molecule is C=C/C(Br)=C\Cc1nc(CO)c(C)s1. The number of aromatic nitrogens is 1. The number of nitrogens with zero attached hydrogens (tertiary/aromatic N) is 1. The fraction of sp³-hybridized carbons (Fsp3) is 0.300. The van der Waals surface area contributed by atoms with E-state index < -0.39 is 0 Å². The van der Waals surface area contributed by atoms with Gasteiger partial charge in [-0.25, -0.2) is 4.98 Å². The molecule has 76 valence electrons. The summed E-state index contributed by atoms with van der Waals surface area (Å²) in [6.07, 6.45) is 4.53. The van der Waals surface area contributed by atoms with Crippen LogP contribution in [0.1, 0.15) is 15.6 Å². The van der Waals surface area contributed by atoms with Crippen molar-refractivity contribution in [3.8, 4) is 0 Å². The molecule has 1 aromatic rings. The fourth-order valence-electron chi connectivity index (χ4n) is 0.990. The maximum absolute atomic E-state index is 8.96. The number of aliphatic hydroxyl groups is 1. The lowest BCUT2D eigenvalue weighted by molar-refractivity contribution is 0.276. The molecule has 14 heavy (non-hydrogen) atoms. The second kappa shape index (κ2) is 5.44. The number of rotatable bonds is 4. The van der Waals surface area contributed by atoms with Crippen molar-refractivity contribution in [1.82, 2.24) is 4.98 Å². The van der Waals surface area contributed by atoms with Crippen molar-refractivity contribution in [3.63, 3.8) is 0 Å². The van der Waals surface area contributed by atoms with Gasteiger partial charge in [0.2, 0.25) is 0 Å². The van der Waals surface area contributed by atoms with Crippen LogP contribution in [0.3, 0.4) is 0 Å². The first-order valence-electron chi connectivity index (χ1n) is 4.21. The van der Waals surface area contributed by atoms with E-state index >= 15 is 0 Å². The smallest absolute Gasteiger partial charge is 0.0970 e. The maximum Gasteiger partial charge on any atom is 0.0970 e. The van der Waals surface area contributed by atoms with Crippen LogP contribution in [0.25, 0.3) is 0 Å². The van der Waals surface area contributed by atoms with Crippen LogP contribution >= 0.6 is 27.3 Å². The number of hydrogen-bond donors (Lipinski definition) is 1. The van der Waals surface area contributed by atoms with Crippen LogP contribution in [0.4, 0.5) is 0 Å².